The summed E-state index contributed by atoms with van der Waals surface area (Å²) in [6, 6.07) is 38.4. The highest BCUT2D eigenvalue weighted by atomic mass is 16.1. The van der Waals surface area contributed by atoms with Gasteiger partial charge in [-0.3, -0.25) is 4.79 Å². The van der Waals surface area contributed by atoms with Gasteiger partial charge in [0, 0.05) is 28.6 Å². The number of para-hydroxylation sites is 1. The highest BCUT2D eigenvalue weighted by molar-refractivity contribution is 6.15. The Kier molecular flexibility index (Phi) is 5.27. The van der Waals surface area contributed by atoms with E-state index in [0.29, 0.717) is 11.1 Å². The van der Waals surface area contributed by atoms with Gasteiger partial charge in [0.15, 0.2) is 5.78 Å². The lowest BCUT2D eigenvalue weighted by molar-refractivity contribution is 0.103. The molecule has 0 radical (unpaired) electrons. The minimum Gasteiger partial charge on any atom is -0.315 e. The lowest BCUT2D eigenvalue weighted by Gasteiger charge is -2.13. The number of hydrogen-bond donors (Lipinski definition) is 0. The first-order valence-corrected chi connectivity index (χ1v) is 10.8. The van der Waals surface area contributed by atoms with Gasteiger partial charge in [-0.25, -0.2) is 0 Å². The Morgan fingerprint density at radius 2 is 1.19 bits per heavy atom. The maximum absolute atomic E-state index is 13.7. The molecule has 0 fully saturated rings. The van der Waals surface area contributed by atoms with Crippen molar-refractivity contribution in [3.05, 3.63) is 138 Å². The maximum Gasteiger partial charge on any atom is 0.195 e. The van der Waals surface area contributed by atoms with Crippen molar-refractivity contribution in [2.75, 3.05) is 0 Å². The van der Waals surface area contributed by atoms with E-state index in [1.54, 1.807) is 0 Å². The predicted octanol–water partition coefficient (Wildman–Crippen LogP) is 7.35. The Balaban J connectivity index is 1.85. The summed E-state index contributed by atoms with van der Waals surface area (Å²) in [5, 5.41) is 0. The summed E-state index contributed by atoms with van der Waals surface area (Å²) in [6.07, 6.45) is 1.99. The lowest BCUT2D eigenvalue weighted by atomic mass is 9.93. The average Bonchev–Trinajstić information content (AvgIpc) is 3.26. The Hall–Kier alpha value is -4.17. The second-order valence-corrected chi connectivity index (χ2v) is 7.90. The Morgan fingerprint density at radius 3 is 1.81 bits per heavy atom. The van der Waals surface area contributed by atoms with Crippen LogP contribution < -0.4 is 0 Å². The maximum atomic E-state index is 13.7. The standard InChI is InChI=1S/C30H23NO/c1-22-17-19-23(20-18-22)28-27(30(32)25-13-7-3-8-14-25)21-31(26-15-9-4-10-16-26)29(28)24-11-5-2-6-12-24/h2-21H,1H3. The fraction of sp³-hybridized carbons (Fsp3) is 0.0333. The van der Waals surface area contributed by atoms with E-state index in [9.17, 15) is 4.79 Å². The van der Waals surface area contributed by atoms with Crippen molar-refractivity contribution >= 4 is 5.78 Å². The highest BCUT2D eigenvalue weighted by Crippen LogP contribution is 2.39. The third-order valence-electron chi connectivity index (χ3n) is 5.71. The molecule has 1 aromatic heterocycles. The summed E-state index contributed by atoms with van der Waals surface area (Å²) in [5.74, 6) is 0.0213. The van der Waals surface area contributed by atoms with E-state index in [-0.39, 0.29) is 5.78 Å². The van der Waals surface area contributed by atoms with Gasteiger partial charge >= 0.3 is 0 Å². The zero-order chi connectivity index (χ0) is 21.9. The van der Waals surface area contributed by atoms with Crippen LogP contribution >= 0.6 is 0 Å². The minimum atomic E-state index is 0.0213. The molecule has 0 bridgehead atoms. The fourth-order valence-electron chi connectivity index (χ4n) is 4.11. The van der Waals surface area contributed by atoms with Gasteiger partial charge in [0.2, 0.25) is 0 Å². The van der Waals surface area contributed by atoms with E-state index in [4.69, 9.17) is 0 Å². The third-order valence-corrected chi connectivity index (χ3v) is 5.71. The van der Waals surface area contributed by atoms with Gasteiger partial charge in [-0.05, 0) is 30.2 Å². The van der Waals surface area contributed by atoms with Crippen molar-refractivity contribution in [3.63, 3.8) is 0 Å². The summed E-state index contributed by atoms with van der Waals surface area (Å²) in [7, 11) is 0. The molecular weight excluding hydrogens is 390 g/mol. The van der Waals surface area contributed by atoms with Crippen LogP contribution in [0.25, 0.3) is 28.1 Å². The topological polar surface area (TPSA) is 22.0 Å². The molecule has 32 heavy (non-hydrogen) atoms. The van der Waals surface area contributed by atoms with Crippen LogP contribution in [0.3, 0.4) is 0 Å². The molecule has 0 N–H and O–H groups in total. The van der Waals surface area contributed by atoms with E-state index < -0.39 is 0 Å². The first kappa shape index (κ1) is 19.8. The monoisotopic (exact) mass is 413 g/mol. The number of aryl methyl sites for hydroxylation is 1. The van der Waals surface area contributed by atoms with Crippen LogP contribution in [-0.4, -0.2) is 10.4 Å². The molecule has 5 aromatic rings. The molecule has 0 spiro atoms. The summed E-state index contributed by atoms with van der Waals surface area (Å²) in [5.41, 5.74) is 7.66. The number of benzene rings is 4. The fourth-order valence-corrected chi connectivity index (χ4v) is 4.11. The molecule has 0 aliphatic rings. The number of ketones is 1. The van der Waals surface area contributed by atoms with Crippen LogP contribution in [0.1, 0.15) is 21.5 Å². The molecule has 0 unspecified atom stereocenters. The highest BCUT2D eigenvalue weighted by Gasteiger charge is 2.24. The van der Waals surface area contributed by atoms with Crippen LogP contribution in [0.4, 0.5) is 0 Å². The van der Waals surface area contributed by atoms with Gasteiger partial charge < -0.3 is 4.57 Å². The molecule has 154 valence electrons. The number of hydrogen-bond acceptors (Lipinski definition) is 1. The second-order valence-electron chi connectivity index (χ2n) is 7.90. The Bertz CT molecular complexity index is 1350. The largest absolute Gasteiger partial charge is 0.315 e. The Labute approximate surface area is 188 Å². The number of nitrogens with zero attached hydrogens (tertiary/aromatic N) is 1. The van der Waals surface area contributed by atoms with E-state index in [1.807, 2.05) is 72.9 Å². The molecule has 4 aromatic carbocycles. The molecule has 1 heterocycles. The van der Waals surface area contributed by atoms with Crippen LogP contribution in [0.5, 0.6) is 0 Å². The van der Waals surface area contributed by atoms with Crippen molar-refractivity contribution in [2.24, 2.45) is 0 Å². The van der Waals surface area contributed by atoms with Crippen molar-refractivity contribution in [3.8, 4) is 28.1 Å². The van der Waals surface area contributed by atoms with Crippen molar-refractivity contribution < 1.29 is 4.79 Å². The molecular formula is C30H23NO. The van der Waals surface area contributed by atoms with Gasteiger partial charge in [0.25, 0.3) is 0 Å². The van der Waals surface area contributed by atoms with Crippen LogP contribution in [0.2, 0.25) is 0 Å². The van der Waals surface area contributed by atoms with E-state index >= 15 is 0 Å². The summed E-state index contributed by atoms with van der Waals surface area (Å²) >= 11 is 0. The van der Waals surface area contributed by atoms with Crippen LogP contribution in [-0.2, 0) is 0 Å². The normalized spacial score (nSPS) is 10.8. The van der Waals surface area contributed by atoms with Gasteiger partial charge in [-0.15, -0.1) is 0 Å². The molecule has 2 nitrogen and oxygen atoms in total. The number of rotatable bonds is 5. The smallest absolute Gasteiger partial charge is 0.195 e. The van der Waals surface area contributed by atoms with Crippen LogP contribution in [0.15, 0.2) is 121 Å². The van der Waals surface area contributed by atoms with Crippen molar-refractivity contribution in [1.82, 2.24) is 4.57 Å². The molecule has 0 saturated carbocycles. The first-order valence-electron chi connectivity index (χ1n) is 10.8. The molecule has 2 heteroatoms. The molecule has 0 aliphatic heterocycles. The number of carbonyl (C=O) groups is 1. The van der Waals surface area contributed by atoms with Gasteiger partial charge in [0.05, 0.1) is 5.69 Å². The molecule has 0 aliphatic carbocycles. The van der Waals surface area contributed by atoms with Crippen molar-refractivity contribution in [1.29, 1.82) is 0 Å². The summed E-state index contributed by atoms with van der Waals surface area (Å²) < 4.78 is 2.14. The molecule has 0 atom stereocenters. The Morgan fingerprint density at radius 1 is 0.625 bits per heavy atom. The summed E-state index contributed by atoms with van der Waals surface area (Å²) in [4.78, 5) is 13.7. The van der Waals surface area contributed by atoms with E-state index in [0.717, 1.165) is 28.1 Å². The minimum absolute atomic E-state index is 0.0213. The number of carbonyl (C=O) groups excluding carboxylic acids is 1. The van der Waals surface area contributed by atoms with E-state index in [1.165, 1.54) is 5.56 Å². The average molecular weight is 414 g/mol. The third kappa shape index (κ3) is 3.67. The predicted molar refractivity (Wildman–Crippen MR) is 131 cm³/mol. The van der Waals surface area contributed by atoms with Gasteiger partial charge in [-0.1, -0.05) is 109 Å². The van der Waals surface area contributed by atoms with E-state index in [2.05, 4.69) is 60.0 Å². The van der Waals surface area contributed by atoms with Crippen molar-refractivity contribution in [2.45, 2.75) is 6.92 Å². The quantitative estimate of drug-likeness (QED) is 0.276. The molecule has 0 saturated heterocycles. The number of aromatic nitrogens is 1. The second kappa shape index (κ2) is 8.52. The van der Waals surface area contributed by atoms with Crippen LogP contribution in [0, 0.1) is 6.92 Å². The van der Waals surface area contributed by atoms with Gasteiger partial charge in [-0.2, -0.15) is 0 Å². The zero-order valence-corrected chi connectivity index (χ0v) is 17.9. The molecule has 0 amide bonds. The first-order chi connectivity index (χ1) is 15.7. The zero-order valence-electron chi connectivity index (χ0n) is 17.9. The SMILES string of the molecule is Cc1ccc(-c2c(C(=O)c3ccccc3)cn(-c3ccccc3)c2-c2ccccc2)cc1. The molecule has 5 rings (SSSR count). The summed E-state index contributed by atoms with van der Waals surface area (Å²) in [6.45, 7) is 2.08. The lowest BCUT2D eigenvalue weighted by Crippen LogP contribution is -2.01. The van der Waals surface area contributed by atoms with Gasteiger partial charge in [0.1, 0.15) is 0 Å².